The van der Waals surface area contributed by atoms with Crippen molar-refractivity contribution in [3.63, 3.8) is 0 Å². The number of fused-ring (bicyclic) bond motifs is 1. The molecule has 28 heavy (non-hydrogen) atoms. The molecule has 3 aromatic rings. The van der Waals surface area contributed by atoms with Crippen molar-refractivity contribution in [1.29, 1.82) is 0 Å². The third-order valence-corrected chi connectivity index (χ3v) is 4.83. The number of thiocarbonyl (C=S) groups is 1. The molecule has 0 spiro atoms. The van der Waals surface area contributed by atoms with Crippen molar-refractivity contribution in [3.8, 4) is 5.75 Å². The van der Waals surface area contributed by atoms with Gasteiger partial charge in [-0.15, -0.1) is 0 Å². The Morgan fingerprint density at radius 3 is 2.50 bits per heavy atom. The molecule has 1 fully saturated rings. The van der Waals surface area contributed by atoms with Gasteiger partial charge in [-0.1, -0.05) is 54.6 Å². The smallest absolute Gasteiger partial charge is 0.270 e. The number of nitrogens with one attached hydrogen (secondary N) is 1. The number of hydrogen-bond acceptors (Lipinski definition) is 4. The number of para-hydroxylation sites is 1. The Kier molecular flexibility index (Phi) is 4.63. The molecule has 0 saturated carbocycles. The minimum atomic E-state index is -0.530. The zero-order valence-electron chi connectivity index (χ0n) is 15.0. The molecule has 1 aliphatic heterocycles. The number of carbonyl (C=O) groups is 2. The standard InChI is InChI=1S/C22H16N2O3S/c1-27-19-12-5-3-8-15(19)13-17-20(25)23-22(28)24(21(17)26)18-11-6-9-14-7-2-4-10-16(14)18/h2-13H,1H3,(H,23,25,28)/b17-13-. The highest BCUT2D eigenvalue weighted by Gasteiger charge is 2.35. The first-order valence-electron chi connectivity index (χ1n) is 8.62. The predicted octanol–water partition coefficient (Wildman–Crippen LogP) is 3.68. The summed E-state index contributed by atoms with van der Waals surface area (Å²) >= 11 is 5.31. The number of methoxy groups -OCH3 is 1. The van der Waals surface area contributed by atoms with Crippen LogP contribution in [0, 0.1) is 0 Å². The molecule has 1 heterocycles. The summed E-state index contributed by atoms with van der Waals surface area (Å²) in [5, 5.41) is 4.52. The molecule has 0 radical (unpaired) electrons. The molecule has 2 amide bonds. The molecule has 1 saturated heterocycles. The van der Waals surface area contributed by atoms with Gasteiger partial charge in [-0.25, -0.2) is 0 Å². The highest BCUT2D eigenvalue weighted by atomic mass is 32.1. The first kappa shape index (κ1) is 17.9. The molecule has 6 heteroatoms. The molecule has 0 aliphatic carbocycles. The van der Waals surface area contributed by atoms with Crippen LogP contribution in [0.3, 0.4) is 0 Å². The van der Waals surface area contributed by atoms with Crippen molar-refractivity contribution < 1.29 is 14.3 Å². The van der Waals surface area contributed by atoms with Gasteiger partial charge in [-0.2, -0.15) is 0 Å². The molecule has 4 rings (SSSR count). The fraction of sp³-hybridized carbons (Fsp3) is 0.0455. The van der Waals surface area contributed by atoms with Crippen molar-refractivity contribution in [1.82, 2.24) is 5.32 Å². The second-order valence-electron chi connectivity index (χ2n) is 6.20. The second kappa shape index (κ2) is 7.25. The van der Waals surface area contributed by atoms with Crippen LogP contribution in [0.1, 0.15) is 5.56 Å². The van der Waals surface area contributed by atoms with E-state index in [-0.39, 0.29) is 10.7 Å². The summed E-state index contributed by atoms with van der Waals surface area (Å²) in [6.45, 7) is 0. The van der Waals surface area contributed by atoms with Gasteiger partial charge in [0.15, 0.2) is 5.11 Å². The SMILES string of the molecule is COc1ccccc1/C=C1/C(=O)NC(=S)N(c2cccc3ccccc23)C1=O. The van der Waals surface area contributed by atoms with Crippen LogP contribution in [0.25, 0.3) is 16.8 Å². The number of ether oxygens (including phenoxy) is 1. The minimum absolute atomic E-state index is 0.00830. The van der Waals surface area contributed by atoms with Gasteiger partial charge in [0.05, 0.1) is 12.8 Å². The van der Waals surface area contributed by atoms with E-state index < -0.39 is 11.8 Å². The summed E-state index contributed by atoms with van der Waals surface area (Å²) < 4.78 is 5.32. The first-order valence-corrected chi connectivity index (χ1v) is 9.03. The maximum absolute atomic E-state index is 13.3. The number of anilines is 1. The van der Waals surface area contributed by atoms with Crippen LogP contribution >= 0.6 is 12.2 Å². The maximum atomic E-state index is 13.3. The molecule has 1 aliphatic rings. The molecule has 0 unspecified atom stereocenters. The van der Waals surface area contributed by atoms with Crippen LogP contribution in [0.5, 0.6) is 5.75 Å². The summed E-state index contributed by atoms with van der Waals surface area (Å²) in [5.74, 6) is -0.436. The van der Waals surface area contributed by atoms with Gasteiger partial charge in [-0.3, -0.25) is 19.8 Å². The van der Waals surface area contributed by atoms with E-state index in [2.05, 4.69) is 5.32 Å². The molecule has 0 aromatic heterocycles. The van der Waals surface area contributed by atoms with Crippen molar-refractivity contribution >= 4 is 51.7 Å². The van der Waals surface area contributed by atoms with Crippen LogP contribution in [0.4, 0.5) is 5.69 Å². The van der Waals surface area contributed by atoms with E-state index in [0.29, 0.717) is 17.0 Å². The van der Waals surface area contributed by atoms with Crippen LogP contribution in [-0.4, -0.2) is 24.0 Å². The van der Waals surface area contributed by atoms with Crippen LogP contribution in [0.2, 0.25) is 0 Å². The Bertz CT molecular complexity index is 1150. The largest absolute Gasteiger partial charge is 0.496 e. The maximum Gasteiger partial charge on any atom is 0.270 e. The summed E-state index contributed by atoms with van der Waals surface area (Å²) in [6, 6.07) is 20.5. The number of carbonyl (C=O) groups excluding carboxylic acids is 2. The molecule has 138 valence electrons. The van der Waals surface area contributed by atoms with E-state index in [1.807, 2.05) is 54.6 Å². The van der Waals surface area contributed by atoms with Gasteiger partial charge in [0.25, 0.3) is 11.8 Å². The summed E-state index contributed by atoms with van der Waals surface area (Å²) in [5.41, 5.74) is 1.25. The van der Waals surface area contributed by atoms with Crippen molar-refractivity contribution in [2.75, 3.05) is 12.0 Å². The average molecular weight is 388 g/mol. The third-order valence-electron chi connectivity index (χ3n) is 4.55. The van der Waals surface area contributed by atoms with Crippen molar-refractivity contribution in [3.05, 3.63) is 77.9 Å². The normalized spacial score (nSPS) is 15.8. The van der Waals surface area contributed by atoms with Gasteiger partial charge in [0, 0.05) is 10.9 Å². The molecular formula is C22H16N2O3S. The zero-order valence-corrected chi connectivity index (χ0v) is 15.8. The molecule has 0 bridgehead atoms. The Labute approximate surface area is 167 Å². The van der Waals surface area contributed by atoms with Gasteiger partial charge >= 0.3 is 0 Å². The lowest BCUT2D eigenvalue weighted by Crippen LogP contribution is -2.54. The van der Waals surface area contributed by atoms with Crippen LogP contribution in [0.15, 0.2) is 72.3 Å². The zero-order chi connectivity index (χ0) is 19.7. The Hall–Kier alpha value is -3.51. The fourth-order valence-electron chi connectivity index (χ4n) is 3.22. The second-order valence-corrected chi connectivity index (χ2v) is 6.58. The van der Waals surface area contributed by atoms with Gasteiger partial charge in [-0.05, 0) is 35.8 Å². The number of benzene rings is 3. The number of rotatable bonds is 3. The number of hydrogen-bond donors (Lipinski definition) is 1. The molecule has 0 atom stereocenters. The van der Waals surface area contributed by atoms with E-state index in [1.54, 1.807) is 12.1 Å². The Balaban J connectivity index is 1.84. The first-order chi connectivity index (χ1) is 13.6. The Morgan fingerprint density at radius 2 is 1.68 bits per heavy atom. The predicted molar refractivity (Wildman–Crippen MR) is 113 cm³/mol. The number of amides is 2. The van der Waals surface area contributed by atoms with Gasteiger partial charge in [0.1, 0.15) is 11.3 Å². The lowest BCUT2D eigenvalue weighted by molar-refractivity contribution is -0.122. The van der Waals surface area contributed by atoms with Gasteiger partial charge in [0.2, 0.25) is 0 Å². The van der Waals surface area contributed by atoms with E-state index >= 15 is 0 Å². The Morgan fingerprint density at radius 1 is 0.964 bits per heavy atom. The number of nitrogens with zero attached hydrogens (tertiary/aromatic N) is 1. The summed E-state index contributed by atoms with van der Waals surface area (Å²) in [7, 11) is 1.54. The minimum Gasteiger partial charge on any atom is -0.496 e. The topological polar surface area (TPSA) is 58.6 Å². The average Bonchev–Trinajstić information content (AvgIpc) is 2.71. The van der Waals surface area contributed by atoms with Crippen LogP contribution in [-0.2, 0) is 9.59 Å². The molecule has 1 N–H and O–H groups in total. The van der Waals surface area contributed by atoms with E-state index in [0.717, 1.165) is 10.8 Å². The summed E-state index contributed by atoms with van der Waals surface area (Å²) in [4.78, 5) is 27.1. The van der Waals surface area contributed by atoms with Crippen molar-refractivity contribution in [2.24, 2.45) is 0 Å². The molecule has 3 aromatic carbocycles. The molecular weight excluding hydrogens is 372 g/mol. The van der Waals surface area contributed by atoms with E-state index in [1.165, 1.54) is 18.1 Å². The lowest BCUT2D eigenvalue weighted by atomic mass is 10.0. The van der Waals surface area contributed by atoms with Crippen molar-refractivity contribution in [2.45, 2.75) is 0 Å². The van der Waals surface area contributed by atoms with Gasteiger partial charge < -0.3 is 4.74 Å². The quantitative estimate of drug-likeness (QED) is 0.422. The highest BCUT2D eigenvalue weighted by molar-refractivity contribution is 7.80. The third kappa shape index (κ3) is 3.04. The molecule has 5 nitrogen and oxygen atoms in total. The van der Waals surface area contributed by atoms with Crippen LogP contribution < -0.4 is 15.0 Å². The summed E-state index contributed by atoms with van der Waals surface area (Å²) in [6.07, 6.45) is 1.52. The monoisotopic (exact) mass is 388 g/mol. The van der Waals surface area contributed by atoms with E-state index in [9.17, 15) is 9.59 Å². The fourth-order valence-corrected chi connectivity index (χ4v) is 3.49. The lowest BCUT2D eigenvalue weighted by Gasteiger charge is -2.29. The van der Waals surface area contributed by atoms with E-state index in [4.69, 9.17) is 17.0 Å². The highest BCUT2D eigenvalue weighted by Crippen LogP contribution is 2.30.